The van der Waals surface area contributed by atoms with Crippen LogP contribution in [0.25, 0.3) is 11.1 Å². The van der Waals surface area contributed by atoms with Gasteiger partial charge in [-0.05, 0) is 36.6 Å². The standard InChI is InChI=1S/C19H18N2O3/c1-12-10-13-6-3-4-7-14(13)11-21(12)18(22)15-8-5-9-16-17(15)24-19(23)20(16)2/h3-9,12H,10-11H2,1-2H3/t12-/m0/s1. The molecule has 1 amide bonds. The van der Waals surface area contributed by atoms with Gasteiger partial charge in [0.1, 0.15) is 0 Å². The number of carbonyl (C=O) groups excluding carboxylic acids is 1. The topological polar surface area (TPSA) is 55.5 Å². The van der Waals surface area contributed by atoms with E-state index in [2.05, 4.69) is 19.1 Å². The number of para-hydroxylation sites is 1. The van der Waals surface area contributed by atoms with Gasteiger partial charge in [-0.3, -0.25) is 9.36 Å². The van der Waals surface area contributed by atoms with Crippen molar-refractivity contribution in [3.63, 3.8) is 0 Å². The number of aromatic nitrogens is 1. The van der Waals surface area contributed by atoms with Gasteiger partial charge in [-0.25, -0.2) is 4.79 Å². The molecule has 5 heteroatoms. The van der Waals surface area contributed by atoms with E-state index in [4.69, 9.17) is 4.42 Å². The summed E-state index contributed by atoms with van der Waals surface area (Å²) in [6.45, 7) is 2.62. The maximum absolute atomic E-state index is 13.1. The summed E-state index contributed by atoms with van der Waals surface area (Å²) in [5, 5.41) is 0. The van der Waals surface area contributed by atoms with E-state index in [1.807, 2.05) is 17.0 Å². The number of fused-ring (bicyclic) bond motifs is 2. The summed E-state index contributed by atoms with van der Waals surface area (Å²) in [6.07, 6.45) is 0.830. The van der Waals surface area contributed by atoms with Crippen LogP contribution in [-0.2, 0) is 20.0 Å². The molecule has 1 aliphatic rings. The van der Waals surface area contributed by atoms with E-state index >= 15 is 0 Å². The monoisotopic (exact) mass is 322 g/mol. The smallest absolute Gasteiger partial charge is 0.407 e. The first-order chi connectivity index (χ1) is 11.6. The molecule has 2 heterocycles. The quantitative estimate of drug-likeness (QED) is 0.692. The molecule has 3 aromatic rings. The fourth-order valence-electron chi connectivity index (χ4n) is 3.42. The van der Waals surface area contributed by atoms with Gasteiger partial charge in [-0.2, -0.15) is 0 Å². The predicted octanol–water partition coefficient (Wildman–Crippen LogP) is 2.72. The minimum Gasteiger partial charge on any atom is -0.407 e. The van der Waals surface area contributed by atoms with Crippen molar-refractivity contribution in [3.8, 4) is 0 Å². The first kappa shape index (κ1) is 14.8. The van der Waals surface area contributed by atoms with E-state index in [0.29, 0.717) is 23.2 Å². The fourth-order valence-corrected chi connectivity index (χ4v) is 3.42. The van der Waals surface area contributed by atoms with Gasteiger partial charge >= 0.3 is 5.76 Å². The summed E-state index contributed by atoms with van der Waals surface area (Å²) in [6, 6.07) is 13.6. The number of carbonyl (C=O) groups is 1. The van der Waals surface area contributed by atoms with Crippen LogP contribution in [0.4, 0.5) is 0 Å². The Morgan fingerprint density at radius 2 is 1.88 bits per heavy atom. The second kappa shape index (κ2) is 5.37. The van der Waals surface area contributed by atoms with Gasteiger partial charge in [0, 0.05) is 19.6 Å². The molecule has 0 saturated heterocycles. The Morgan fingerprint density at radius 3 is 2.67 bits per heavy atom. The van der Waals surface area contributed by atoms with Crippen LogP contribution in [-0.4, -0.2) is 21.4 Å². The lowest BCUT2D eigenvalue weighted by Crippen LogP contribution is -2.42. The van der Waals surface area contributed by atoms with Crippen molar-refractivity contribution >= 4 is 17.0 Å². The minimum atomic E-state index is -0.456. The van der Waals surface area contributed by atoms with Gasteiger partial charge in [-0.15, -0.1) is 0 Å². The molecule has 1 aromatic heterocycles. The lowest BCUT2D eigenvalue weighted by Gasteiger charge is -2.35. The number of aryl methyl sites for hydroxylation is 1. The van der Waals surface area contributed by atoms with Crippen molar-refractivity contribution < 1.29 is 9.21 Å². The summed E-state index contributed by atoms with van der Waals surface area (Å²) >= 11 is 0. The average Bonchev–Trinajstić information content (AvgIpc) is 2.88. The highest BCUT2D eigenvalue weighted by molar-refractivity contribution is 6.04. The molecule has 0 fully saturated rings. The fraction of sp³-hybridized carbons (Fsp3) is 0.263. The number of amides is 1. The number of rotatable bonds is 1. The van der Waals surface area contributed by atoms with E-state index in [1.54, 1.807) is 25.2 Å². The highest BCUT2D eigenvalue weighted by atomic mass is 16.4. The molecule has 24 heavy (non-hydrogen) atoms. The number of hydrogen-bond donors (Lipinski definition) is 0. The molecule has 122 valence electrons. The number of nitrogens with zero attached hydrogens (tertiary/aromatic N) is 2. The molecule has 5 nitrogen and oxygen atoms in total. The molecule has 2 aromatic carbocycles. The largest absolute Gasteiger partial charge is 0.419 e. The Bertz CT molecular complexity index is 999. The lowest BCUT2D eigenvalue weighted by molar-refractivity contribution is 0.0659. The normalized spacial score (nSPS) is 17.1. The van der Waals surface area contributed by atoms with Crippen LogP contribution in [0.3, 0.4) is 0 Å². The first-order valence-electron chi connectivity index (χ1n) is 8.02. The molecule has 0 radical (unpaired) electrons. The van der Waals surface area contributed by atoms with E-state index in [0.717, 1.165) is 6.42 Å². The van der Waals surface area contributed by atoms with Crippen molar-refractivity contribution in [3.05, 3.63) is 69.7 Å². The maximum Gasteiger partial charge on any atom is 0.419 e. The summed E-state index contributed by atoms with van der Waals surface area (Å²) < 4.78 is 6.72. The van der Waals surface area contributed by atoms with Crippen LogP contribution < -0.4 is 5.76 Å². The Morgan fingerprint density at radius 1 is 1.12 bits per heavy atom. The highest BCUT2D eigenvalue weighted by Crippen LogP contribution is 2.26. The molecule has 0 aliphatic carbocycles. The molecule has 0 N–H and O–H groups in total. The molecule has 1 aliphatic heterocycles. The molecular formula is C19H18N2O3. The van der Waals surface area contributed by atoms with Crippen molar-refractivity contribution in [2.24, 2.45) is 7.05 Å². The molecule has 0 bridgehead atoms. The van der Waals surface area contributed by atoms with Crippen LogP contribution >= 0.6 is 0 Å². The third-order valence-corrected chi connectivity index (χ3v) is 4.82. The van der Waals surface area contributed by atoms with E-state index < -0.39 is 5.76 Å². The van der Waals surface area contributed by atoms with Gasteiger partial charge in [0.05, 0.1) is 11.1 Å². The van der Waals surface area contributed by atoms with Gasteiger partial charge in [-0.1, -0.05) is 30.3 Å². The molecule has 0 unspecified atom stereocenters. The molecule has 0 saturated carbocycles. The van der Waals surface area contributed by atoms with Gasteiger partial charge in [0.25, 0.3) is 5.91 Å². The van der Waals surface area contributed by atoms with E-state index in [-0.39, 0.29) is 11.9 Å². The van der Waals surface area contributed by atoms with Gasteiger partial charge in [0.15, 0.2) is 5.58 Å². The van der Waals surface area contributed by atoms with Crippen molar-refractivity contribution in [2.75, 3.05) is 0 Å². The second-order valence-electron chi connectivity index (χ2n) is 6.34. The lowest BCUT2D eigenvalue weighted by atomic mass is 9.94. The molecule has 4 rings (SSSR count). The molecular weight excluding hydrogens is 304 g/mol. The number of oxazole rings is 1. The Hall–Kier alpha value is -2.82. The SMILES string of the molecule is C[C@H]1Cc2ccccc2CN1C(=O)c1cccc2c1oc(=O)n2C. The zero-order valence-electron chi connectivity index (χ0n) is 13.7. The van der Waals surface area contributed by atoms with Crippen LogP contribution in [0.1, 0.15) is 28.4 Å². The summed E-state index contributed by atoms with van der Waals surface area (Å²) in [5.41, 5.74) is 3.90. The summed E-state index contributed by atoms with van der Waals surface area (Å²) in [5.74, 6) is -0.556. The van der Waals surface area contributed by atoms with E-state index in [1.165, 1.54) is 15.7 Å². The van der Waals surface area contributed by atoms with Crippen LogP contribution in [0.15, 0.2) is 51.7 Å². The first-order valence-corrected chi connectivity index (χ1v) is 8.02. The Labute approximate surface area is 139 Å². The van der Waals surface area contributed by atoms with Crippen molar-refractivity contribution in [2.45, 2.75) is 25.9 Å². The second-order valence-corrected chi connectivity index (χ2v) is 6.34. The van der Waals surface area contributed by atoms with Gasteiger partial charge < -0.3 is 9.32 Å². The summed E-state index contributed by atoms with van der Waals surface area (Å²) in [4.78, 5) is 26.7. The highest BCUT2D eigenvalue weighted by Gasteiger charge is 2.29. The average molecular weight is 322 g/mol. The van der Waals surface area contributed by atoms with Crippen LogP contribution in [0.5, 0.6) is 0 Å². The summed E-state index contributed by atoms with van der Waals surface area (Å²) in [7, 11) is 1.64. The zero-order valence-corrected chi connectivity index (χ0v) is 13.7. The Balaban J connectivity index is 1.77. The number of benzene rings is 2. The van der Waals surface area contributed by atoms with E-state index in [9.17, 15) is 9.59 Å². The van der Waals surface area contributed by atoms with Crippen LogP contribution in [0, 0.1) is 0 Å². The maximum atomic E-state index is 13.1. The van der Waals surface area contributed by atoms with Gasteiger partial charge in [0.2, 0.25) is 0 Å². The Kier molecular flexibility index (Phi) is 3.30. The van der Waals surface area contributed by atoms with Crippen molar-refractivity contribution in [1.29, 1.82) is 0 Å². The number of hydrogen-bond acceptors (Lipinski definition) is 3. The molecule has 1 atom stereocenters. The zero-order chi connectivity index (χ0) is 16.8. The van der Waals surface area contributed by atoms with Crippen molar-refractivity contribution in [1.82, 2.24) is 9.47 Å². The molecule has 0 spiro atoms. The predicted molar refractivity (Wildman–Crippen MR) is 90.9 cm³/mol. The third-order valence-electron chi connectivity index (χ3n) is 4.82. The third kappa shape index (κ3) is 2.16. The van der Waals surface area contributed by atoms with Crippen LogP contribution in [0.2, 0.25) is 0 Å². The minimum absolute atomic E-state index is 0.0955.